The summed E-state index contributed by atoms with van der Waals surface area (Å²) in [4.78, 5) is 6.87. The minimum absolute atomic E-state index is 0.175. The zero-order valence-electron chi connectivity index (χ0n) is 8.27. The maximum atomic E-state index is 11.8. The summed E-state index contributed by atoms with van der Waals surface area (Å²) >= 11 is 0. The van der Waals surface area contributed by atoms with E-state index < -0.39 is 12.6 Å². The van der Waals surface area contributed by atoms with Crippen LogP contribution in [0.4, 0.5) is 13.2 Å². The molecule has 1 aromatic heterocycles. The van der Waals surface area contributed by atoms with E-state index >= 15 is 0 Å². The maximum Gasteiger partial charge on any atom is 0.389 e. The van der Waals surface area contributed by atoms with E-state index in [1.54, 1.807) is 12.4 Å². The quantitative estimate of drug-likeness (QED) is 0.723. The molecule has 0 fully saturated rings. The molecule has 1 aromatic rings. The first-order chi connectivity index (χ1) is 7.08. The zero-order valence-corrected chi connectivity index (χ0v) is 8.27. The van der Waals surface area contributed by atoms with Gasteiger partial charge in [-0.2, -0.15) is 13.2 Å². The fourth-order valence-electron chi connectivity index (χ4n) is 1.18. The highest BCUT2D eigenvalue weighted by atomic mass is 19.4. The van der Waals surface area contributed by atoms with Crippen molar-refractivity contribution in [1.29, 1.82) is 0 Å². The minimum Gasteiger partial charge on any atom is -0.348 e. The fraction of sp³-hybridized carbons (Fsp3) is 0.667. The van der Waals surface area contributed by atoms with E-state index in [0.29, 0.717) is 19.5 Å². The predicted molar refractivity (Wildman–Crippen MR) is 50.2 cm³/mol. The van der Waals surface area contributed by atoms with E-state index in [1.165, 1.54) is 0 Å². The summed E-state index contributed by atoms with van der Waals surface area (Å²) in [6.07, 6.45) is -0.674. The van der Waals surface area contributed by atoms with Crippen LogP contribution in [0.1, 0.15) is 25.1 Å². The number of hydrogen-bond acceptors (Lipinski definition) is 2. The Hall–Kier alpha value is -1.04. The van der Waals surface area contributed by atoms with E-state index in [-0.39, 0.29) is 6.42 Å². The normalized spacial score (nSPS) is 11.9. The second-order valence-electron chi connectivity index (χ2n) is 3.28. The van der Waals surface area contributed by atoms with Gasteiger partial charge in [-0.1, -0.05) is 0 Å². The summed E-state index contributed by atoms with van der Waals surface area (Å²) in [6, 6.07) is 0. The Morgan fingerprint density at radius 2 is 2.13 bits per heavy atom. The van der Waals surface area contributed by atoms with Crippen molar-refractivity contribution in [3.8, 4) is 0 Å². The van der Waals surface area contributed by atoms with Crippen LogP contribution in [-0.4, -0.2) is 22.7 Å². The lowest BCUT2D eigenvalue weighted by Gasteiger charge is -2.06. The van der Waals surface area contributed by atoms with Gasteiger partial charge in [-0.3, -0.25) is 0 Å². The van der Waals surface area contributed by atoms with Crippen LogP contribution in [-0.2, 0) is 6.54 Å². The third-order valence-corrected chi connectivity index (χ3v) is 1.91. The first kappa shape index (κ1) is 12.0. The van der Waals surface area contributed by atoms with Crippen LogP contribution in [0.2, 0.25) is 0 Å². The van der Waals surface area contributed by atoms with Gasteiger partial charge >= 0.3 is 6.18 Å². The summed E-state index contributed by atoms with van der Waals surface area (Å²) < 4.78 is 35.3. The largest absolute Gasteiger partial charge is 0.389 e. The second-order valence-corrected chi connectivity index (χ2v) is 3.28. The number of alkyl halides is 3. The van der Waals surface area contributed by atoms with Crippen molar-refractivity contribution >= 4 is 0 Å². The molecule has 0 saturated heterocycles. The third kappa shape index (κ3) is 6.11. The van der Waals surface area contributed by atoms with E-state index in [9.17, 15) is 13.2 Å². The molecule has 2 N–H and O–H groups in total. The van der Waals surface area contributed by atoms with E-state index in [4.69, 9.17) is 0 Å². The number of hydrogen-bond donors (Lipinski definition) is 2. The number of nitrogens with zero attached hydrogens (tertiary/aromatic N) is 1. The number of imidazole rings is 1. The lowest BCUT2D eigenvalue weighted by atomic mass is 10.2. The number of aromatic amines is 1. The Kier molecular flexibility index (Phi) is 4.61. The Balaban J connectivity index is 1.94. The molecule has 1 rings (SSSR count). The molecule has 0 aliphatic carbocycles. The van der Waals surface area contributed by atoms with Gasteiger partial charge in [0.05, 0.1) is 6.54 Å². The molecule has 0 saturated carbocycles. The van der Waals surface area contributed by atoms with Crippen molar-refractivity contribution < 1.29 is 13.2 Å². The summed E-state index contributed by atoms with van der Waals surface area (Å²) in [5, 5.41) is 3.01. The molecule has 0 aromatic carbocycles. The second kappa shape index (κ2) is 5.75. The van der Waals surface area contributed by atoms with Crippen LogP contribution in [0, 0.1) is 0 Å². The first-order valence-corrected chi connectivity index (χ1v) is 4.83. The maximum absolute atomic E-state index is 11.8. The Morgan fingerprint density at radius 1 is 1.33 bits per heavy atom. The highest BCUT2D eigenvalue weighted by Gasteiger charge is 2.25. The van der Waals surface area contributed by atoms with Crippen LogP contribution in [0.3, 0.4) is 0 Å². The molecule has 0 unspecified atom stereocenters. The standard InChI is InChI=1S/C9H14F3N3/c10-9(11,12)3-1-2-4-13-7-8-14-5-6-15-8/h5-6,13H,1-4,7H2,(H,14,15). The van der Waals surface area contributed by atoms with Gasteiger partial charge in [0.15, 0.2) is 0 Å². The lowest BCUT2D eigenvalue weighted by Crippen LogP contribution is -2.16. The number of unbranched alkanes of at least 4 members (excludes halogenated alkanes) is 1. The summed E-state index contributed by atoms with van der Waals surface area (Å²) in [5.41, 5.74) is 0. The van der Waals surface area contributed by atoms with Gasteiger partial charge in [0, 0.05) is 18.8 Å². The third-order valence-electron chi connectivity index (χ3n) is 1.91. The lowest BCUT2D eigenvalue weighted by molar-refractivity contribution is -0.135. The van der Waals surface area contributed by atoms with Crippen molar-refractivity contribution in [3.05, 3.63) is 18.2 Å². The van der Waals surface area contributed by atoms with Gasteiger partial charge in [0.2, 0.25) is 0 Å². The molecule has 3 nitrogen and oxygen atoms in total. The van der Waals surface area contributed by atoms with Gasteiger partial charge in [-0.25, -0.2) is 4.98 Å². The average Bonchev–Trinajstić information content (AvgIpc) is 2.61. The summed E-state index contributed by atoms with van der Waals surface area (Å²) in [7, 11) is 0. The number of aromatic nitrogens is 2. The van der Waals surface area contributed by atoms with Gasteiger partial charge in [0.1, 0.15) is 5.82 Å². The smallest absolute Gasteiger partial charge is 0.348 e. The van der Waals surface area contributed by atoms with Crippen molar-refractivity contribution in [1.82, 2.24) is 15.3 Å². The van der Waals surface area contributed by atoms with Crippen molar-refractivity contribution in [3.63, 3.8) is 0 Å². The monoisotopic (exact) mass is 221 g/mol. The SMILES string of the molecule is FC(F)(F)CCCCNCc1ncc[nH]1. The zero-order chi connectivity index (χ0) is 11.1. The van der Waals surface area contributed by atoms with Gasteiger partial charge < -0.3 is 10.3 Å². The number of nitrogens with one attached hydrogen (secondary N) is 2. The fourth-order valence-corrected chi connectivity index (χ4v) is 1.18. The van der Waals surface area contributed by atoms with Crippen molar-refractivity contribution in [2.24, 2.45) is 0 Å². The molecule has 0 aliphatic heterocycles. The van der Waals surface area contributed by atoms with Crippen LogP contribution in [0.25, 0.3) is 0 Å². The molecule has 0 radical (unpaired) electrons. The molecule has 15 heavy (non-hydrogen) atoms. The van der Waals surface area contributed by atoms with Crippen LogP contribution >= 0.6 is 0 Å². The Labute approximate surface area is 86.1 Å². The number of halogens is 3. The number of rotatable bonds is 6. The van der Waals surface area contributed by atoms with E-state index in [1.807, 2.05) is 0 Å². The van der Waals surface area contributed by atoms with E-state index in [2.05, 4.69) is 15.3 Å². The van der Waals surface area contributed by atoms with E-state index in [0.717, 1.165) is 5.82 Å². The molecule has 1 heterocycles. The molecular formula is C9H14F3N3. The van der Waals surface area contributed by atoms with Gasteiger partial charge in [-0.05, 0) is 19.4 Å². The van der Waals surface area contributed by atoms with Crippen LogP contribution in [0.15, 0.2) is 12.4 Å². The van der Waals surface area contributed by atoms with Crippen LogP contribution < -0.4 is 5.32 Å². The molecule has 0 aliphatic rings. The molecule has 86 valence electrons. The highest BCUT2D eigenvalue weighted by Crippen LogP contribution is 2.21. The molecule has 0 amide bonds. The van der Waals surface area contributed by atoms with Gasteiger partial charge in [0.25, 0.3) is 0 Å². The molecule has 0 spiro atoms. The average molecular weight is 221 g/mol. The molecule has 0 bridgehead atoms. The van der Waals surface area contributed by atoms with Gasteiger partial charge in [-0.15, -0.1) is 0 Å². The molecule has 6 heteroatoms. The number of H-pyrrole nitrogens is 1. The minimum atomic E-state index is -4.03. The highest BCUT2D eigenvalue weighted by molar-refractivity contribution is 4.85. The summed E-state index contributed by atoms with van der Waals surface area (Å²) in [5.74, 6) is 0.797. The molecular weight excluding hydrogens is 207 g/mol. The Morgan fingerprint density at radius 3 is 2.73 bits per heavy atom. The first-order valence-electron chi connectivity index (χ1n) is 4.83. The Bertz CT molecular complexity index is 256. The summed E-state index contributed by atoms with van der Waals surface area (Å²) in [6.45, 7) is 1.15. The van der Waals surface area contributed by atoms with Crippen molar-refractivity contribution in [2.45, 2.75) is 32.0 Å². The van der Waals surface area contributed by atoms with Crippen LogP contribution in [0.5, 0.6) is 0 Å². The predicted octanol–water partition coefficient (Wildman–Crippen LogP) is 2.23. The molecule has 0 atom stereocenters. The topological polar surface area (TPSA) is 40.7 Å². The van der Waals surface area contributed by atoms with Crippen molar-refractivity contribution in [2.75, 3.05) is 6.54 Å².